The van der Waals surface area contributed by atoms with Gasteiger partial charge in [-0.05, 0) is 56.1 Å². The number of rotatable bonds is 3. The van der Waals surface area contributed by atoms with E-state index in [1.54, 1.807) is 18.2 Å². The molecule has 2 N–H and O–H groups in total. The Kier molecular flexibility index (Phi) is 5.00. The molecule has 1 amide bonds. The van der Waals surface area contributed by atoms with Crippen LogP contribution in [0.3, 0.4) is 0 Å². The lowest BCUT2D eigenvalue weighted by atomic mass is 10.2. The van der Waals surface area contributed by atoms with Crippen molar-refractivity contribution in [1.29, 1.82) is 0 Å². The highest BCUT2D eigenvalue weighted by atomic mass is 79.9. The van der Waals surface area contributed by atoms with Crippen LogP contribution in [0, 0.1) is 0 Å². The molecule has 2 rings (SSSR count). The summed E-state index contributed by atoms with van der Waals surface area (Å²) in [5, 5.41) is 11.7. The van der Waals surface area contributed by atoms with Crippen molar-refractivity contribution in [2.45, 2.75) is 0 Å². The highest BCUT2D eigenvalue weighted by molar-refractivity contribution is 9.13. The van der Waals surface area contributed by atoms with Crippen molar-refractivity contribution in [1.82, 2.24) is 0 Å². The van der Waals surface area contributed by atoms with Crippen LogP contribution < -0.4 is 5.32 Å². The second-order valence-corrected chi connectivity index (χ2v) is 7.82. The third kappa shape index (κ3) is 3.49. The SMILES string of the molecule is O=C(Nc1ccc(Br)cc1C(=O)O)c1cc(Br)c(Br)s1. The fourth-order valence-electron chi connectivity index (χ4n) is 1.44. The average Bonchev–Trinajstić information content (AvgIpc) is 2.71. The Bertz CT molecular complexity index is 680. The zero-order valence-electron chi connectivity index (χ0n) is 9.62. The van der Waals surface area contributed by atoms with Crippen molar-refractivity contribution >= 4 is 76.7 Å². The van der Waals surface area contributed by atoms with Crippen LogP contribution in [0.15, 0.2) is 37.0 Å². The number of benzene rings is 1. The van der Waals surface area contributed by atoms with E-state index in [2.05, 4.69) is 53.1 Å². The van der Waals surface area contributed by atoms with Crippen molar-refractivity contribution < 1.29 is 14.7 Å². The molecule has 0 atom stereocenters. The van der Waals surface area contributed by atoms with Crippen LogP contribution in [0.5, 0.6) is 0 Å². The van der Waals surface area contributed by atoms with E-state index in [9.17, 15) is 9.59 Å². The molecule has 1 heterocycles. The molecule has 0 bridgehead atoms. The lowest BCUT2D eigenvalue weighted by Crippen LogP contribution is -2.13. The summed E-state index contributed by atoms with van der Waals surface area (Å²) in [7, 11) is 0. The lowest BCUT2D eigenvalue weighted by molar-refractivity contribution is 0.0698. The van der Waals surface area contributed by atoms with Gasteiger partial charge in [0.25, 0.3) is 5.91 Å². The molecule has 8 heteroatoms. The minimum atomic E-state index is -1.10. The number of nitrogens with one attached hydrogen (secondary N) is 1. The summed E-state index contributed by atoms with van der Waals surface area (Å²) < 4.78 is 2.22. The first kappa shape index (κ1) is 15.7. The van der Waals surface area contributed by atoms with Crippen LogP contribution in [0.1, 0.15) is 20.0 Å². The number of halogens is 3. The Balaban J connectivity index is 2.30. The molecule has 1 aromatic heterocycles. The van der Waals surface area contributed by atoms with Crippen LogP contribution in [-0.4, -0.2) is 17.0 Å². The van der Waals surface area contributed by atoms with Crippen LogP contribution in [0.25, 0.3) is 0 Å². The molecule has 0 radical (unpaired) electrons. The number of carboxylic acids is 1. The summed E-state index contributed by atoms with van der Waals surface area (Å²) in [5.41, 5.74) is 0.286. The van der Waals surface area contributed by atoms with Crippen LogP contribution in [-0.2, 0) is 0 Å². The Morgan fingerprint density at radius 1 is 1.15 bits per heavy atom. The van der Waals surface area contributed by atoms with Gasteiger partial charge in [-0.15, -0.1) is 11.3 Å². The summed E-state index contributed by atoms with van der Waals surface area (Å²) in [6.45, 7) is 0. The van der Waals surface area contributed by atoms with Gasteiger partial charge in [-0.25, -0.2) is 4.79 Å². The van der Waals surface area contributed by atoms with Gasteiger partial charge in [-0.1, -0.05) is 15.9 Å². The van der Waals surface area contributed by atoms with Gasteiger partial charge in [0.15, 0.2) is 0 Å². The fourth-order valence-corrected chi connectivity index (χ4v) is 3.74. The summed E-state index contributed by atoms with van der Waals surface area (Å²) in [6.07, 6.45) is 0. The topological polar surface area (TPSA) is 66.4 Å². The monoisotopic (exact) mass is 481 g/mol. The number of carboxylic acid groups (broad SMARTS) is 1. The van der Waals surface area contributed by atoms with Crippen molar-refractivity contribution in [2.75, 3.05) is 5.32 Å². The van der Waals surface area contributed by atoms with Crippen molar-refractivity contribution in [3.05, 3.63) is 47.4 Å². The minimum absolute atomic E-state index is 0.0300. The summed E-state index contributed by atoms with van der Waals surface area (Å²) >= 11 is 11.1. The van der Waals surface area contributed by atoms with E-state index in [4.69, 9.17) is 5.11 Å². The molecular formula is C12H6Br3NO3S. The standard InChI is InChI=1S/C12H6Br3NO3S/c13-5-1-2-8(6(3-5)12(18)19)16-11(17)9-4-7(14)10(15)20-9/h1-4H,(H,16,17)(H,18,19). The molecule has 0 saturated heterocycles. The summed E-state index contributed by atoms with van der Waals surface area (Å²) in [4.78, 5) is 23.7. The highest BCUT2D eigenvalue weighted by Gasteiger charge is 2.16. The number of thiophene rings is 1. The first-order valence-corrected chi connectivity index (χ1v) is 8.37. The fraction of sp³-hybridized carbons (Fsp3) is 0. The molecule has 0 fully saturated rings. The number of aromatic carboxylic acids is 1. The Morgan fingerprint density at radius 3 is 2.40 bits per heavy atom. The molecule has 20 heavy (non-hydrogen) atoms. The molecule has 1 aromatic carbocycles. The van der Waals surface area contributed by atoms with E-state index < -0.39 is 5.97 Å². The molecule has 104 valence electrons. The second-order valence-electron chi connectivity index (χ2n) is 3.68. The highest BCUT2D eigenvalue weighted by Crippen LogP contribution is 2.33. The average molecular weight is 484 g/mol. The summed E-state index contributed by atoms with van der Waals surface area (Å²) in [6, 6.07) is 6.33. The maximum Gasteiger partial charge on any atom is 0.337 e. The third-order valence-corrected chi connectivity index (χ3v) is 6.08. The lowest BCUT2D eigenvalue weighted by Gasteiger charge is -2.07. The number of amides is 1. The van der Waals surface area contributed by atoms with E-state index in [0.29, 0.717) is 9.35 Å². The van der Waals surface area contributed by atoms with Gasteiger partial charge in [0.05, 0.1) is 19.9 Å². The maximum absolute atomic E-state index is 12.1. The second kappa shape index (κ2) is 6.38. The normalized spacial score (nSPS) is 10.3. The van der Waals surface area contributed by atoms with Crippen molar-refractivity contribution in [3.8, 4) is 0 Å². The van der Waals surface area contributed by atoms with Gasteiger partial charge >= 0.3 is 5.97 Å². The van der Waals surface area contributed by atoms with E-state index in [1.165, 1.54) is 17.4 Å². The number of hydrogen-bond acceptors (Lipinski definition) is 3. The first-order chi connectivity index (χ1) is 9.38. The number of hydrogen-bond donors (Lipinski definition) is 2. The van der Waals surface area contributed by atoms with Gasteiger partial charge in [-0.2, -0.15) is 0 Å². The molecular weight excluding hydrogens is 478 g/mol. The molecule has 2 aromatic rings. The minimum Gasteiger partial charge on any atom is -0.478 e. The van der Waals surface area contributed by atoms with Gasteiger partial charge in [-0.3, -0.25) is 4.79 Å². The summed E-state index contributed by atoms with van der Waals surface area (Å²) in [5.74, 6) is -1.46. The maximum atomic E-state index is 12.1. The number of carbonyl (C=O) groups is 2. The van der Waals surface area contributed by atoms with Crippen LogP contribution in [0.2, 0.25) is 0 Å². The van der Waals surface area contributed by atoms with Crippen molar-refractivity contribution in [3.63, 3.8) is 0 Å². The van der Waals surface area contributed by atoms with Crippen LogP contribution >= 0.6 is 59.1 Å². The Morgan fingerprint density at radius 2 is 1.85 bits per heavy atom. The van der Waals surface area contributed by atoms with Gasteiger partial charge in [0.2, 0.25) is 0 Å². The Labute approximate surface area is 143 Å². The van der Waals surface area contributed by atoms with E-state index in [1.807, 2.05) is 0 Å². The van der Waals surface area contributed by atoms with Gasteiger partial charge < -0.3 is 10.4 Å². The molecule has 4 nitrogen and oxygen atoms in total. The molecule has 0 saturated carbocycles. The van der Waals surface area contributed by atoms with E-state index >= 15 is 0 Å². The van der Waals surface area contributed by atoms with E-state index in [-0.39, 0.29) is 17.2 Å². The number of carbonyl (C=O) groups excluding carboxylic acids is 1. The smallest absolute Gasteiger partial charge is 0.337 e. The molecule has 0 unspecified atom stereocenters. The third-order valence-electron chi connectivity index (χ3n) is 2.33. The zero-order valence-corrected chi connectivity index (χ0v) is 15.2. The predicted octanol–water partition coefficient (Wildman–Crippen LogP) is 4.99. The van der Waals surface area contributed by atoms with Gasteiger partial charge in [0.1, 0.15) is 0 Å². The van der Waals surface area contributed by atoms with Crippen molar-refractivity contribution in [2.24, 2.45) is 0 Å². The van der Waals surface area contributed by atoms with Crippen LogP contribution in [0.4, 0.5) is 5.69 Å². The molecule has 0 aliphatic rings. The number of anilines is 1. The zero-order chi connectivity index (χ0) is 14.9. The molecule has 0 aliphatic carbocycles. The molecule has 0 aliphatic heterocycles. The first-order valence-electron chi connectivity index (χ1n) is 5.17. The predicted molar refractivity (Wildman–Crippen MR) is 88.8 cm³/mol. The van der Waals surface area contributed by atoms with Gasteiger partial charge in [0, 0.05) is 8.95 Å². The Hall–Kier alpha value is -0.700. The molecule has 0 spiro atoms. The van der Waals surface area contributed by atoms with E-state index in [0.717, 1.165) is 8.26 Å². The largest absolute Gasteiger partial charge is 0.478 e. The quantitative estimate of drug-likeness (QED) is 0.646.